The van der Waals surface area contributed by atoms with Crippen LogP contribution >= 0.6 is 0 Å². The number of hydrogen-bond donors (Lipinski definition) is 2. The van der Waals surface area contributed by atoms with E-state index < -0.39 is 21.7 Å². The first-order valence-electron chi connectivity index (χ1n) is 10.7. The average Bonchev–Trinajstić information content (AvgIpc) is 3.61. The maximum Gasteiger partial charge on any atom is 0.353 e. The number of carboxylic acids is 1. The van der Waals surface area contributed by atoms with Crippen molar-refractivity contribution < 1.29 is 46.7 Å². The Labute approximate surface area is 203 Å². The molecule has 0 saturated carbocycles. The highest BCUT2D eigenvalue weighted by Gasteiger charge is 2.40. The molecule has 4 aliphatic heterocycles. The number of carbonyl (C=O) groups is 1. The fourth-order valence-corrected chi connectivity index (χ4v) is 6.17. The van der Waals surface area contributed by atoms with Gasteiger partial charge in [-0.15, -0.1) is 0 Å². The van der Waals surface area contributed by atoms with Crippen molar-refractivity contribution in [3.63, 3.8) is 0 Å². The largest absolute Gasteiger partial charge is 0.477 e. The van der Waals surface area contributed by atoms with Gasteiger partial charge in [-0.05, 0) is 41.5 Å². The topological polar surface area (TPSA) is 139 Å². The van der Waals surface area contributed by atoms with E-state index in [-0.39, 0.29) is 53.5 Å². The van der Waals surface area contributed by atoms with Gasteiger partial charge in [0, 0.05) is 16.7 Å². The number of sulfonamides is 1. The number of benzene rings is 3. The molecule has 0 saturated heterocycles. The van der Waals surface area contributed by atoms with Crippen molar-refractivity contribution in [1.82, 2.24) is 4.72 Å². The van der Waals surface area contributed by atoms with Gasteiger partial charge in [0.25, 0.3) is 10.0 Å². The van der Waals surface area contributed by atoms with E-state index in [1.807, 2.05) is 0 Å². The van der Waals surface area contributed by atoms with E-state index in [1.165, 1.54) is 6.07 Å². The molecule has 0 fully saturated rings. The smallest absolute Gasteiger partial charge is 0.353 e. The normalized spacial score (nSPS) is 17.6. The zero-order chi connectivity index (χ0) is 24.6. The predicted molar refractivity (Wildman–Crippen MR) is 121 cm³/mol. The quantitative estimate of drug-likeness (QED) is 0.542. The summed E-state index contributed by atoms with van der Waals surface area (Å²) in [5.41, 5.74) is 0.876. The average molecular weight is 509 g/mol. The predicted octanol–water partition coefficient (Wildman–Crippen LogP) is 2.68. The first kappa shape index (κ1) is 20.8. The summed E-state index contributed by atoms with van der Waals surface area (Å²) in [4.78, 5) is 12.1. The molecule has 3 aromatic rings. The maximum atomic E-state index is 13.6. The Bertz CT molecular complexity index is 1640. The number of rotatable bonds is 3. The first-order chi connectivity index (χ1) is 17.4. The Balaban J connectivity index is 1.55. The Morgan fingerprint density at radius 1 is 0.750 bits per heavy atom. The van der Waals surface area contributed by atoms with Gasteiger partial charge in [0.2, 0.25) is 20.4 Å². The van der Waals surface area contributed by atoms with Crippen molar-refractivity contribution in [2.24, 2.45) is 0 Å². The Kier molecular flexibility index (Phi) is 4.16. The number of fused-ring (bicyclic) bond motifs is 4. The lowest BCUT2D eigenvalue weighted by Gasteiger charge is -2.26. The summed E-state index contributed by atoms with van der Waals surface area (Å²) < 4.78 is 62.4. The van der Waals surface area contributed by atoms with Crippen LogP contribution in [0, 0.1) is 0 Å². The maximum absolute atomic E-state index is 13.6. The lowest BCUT2D eigenvalue weighted by atomic mass is 9.91. The molecule has 182 valence electrons. The van der Waals surface area contributed by atoms with E-state index in [0.29, 0.717) is 34.1 Å². The van der Waals surface area contributed by atoms with Gasteiger partial charge in [-0.25, -0.2) is 13.2 Å². The molecule has 0 amide bonds. The zero-order valence-corrected chi connectivity index (χ0v) is 19.0. The third kappa shape index (κ3) is 2.91. The molecule has 12 heteroatoms. The van der Waals surface area contributed by atoms with Crippen LogP contribution in [0.4, 0.5) is 0 Å². The van der Waals surface area contributed by atoms with Gasteiger partial charge in [0.15, 0.2) is 34.5 Å². The van der Waals surface area contributed by atoms with Crippen molar-refractivity contribution in [2.45, 2.75) is 4.90 Å². The van der Waals surface area contributed by atoms with Crippen molar-refractivity contribution in [3.05, 3.63) is 59.3 Å². The fourth-order valence-electron chi connectivity index (χ4n) is 4.68. The SMILES string of the molecule is O=C(O)C1=C(c2ccc3c(c2)OCO3)c2cc3c(c(-c4ccc5c(c4)OCO5)c2S(=O)(=O)N1)OCO3. The Morgan fingerprint density at radius 2 is 1.33 bits per heavy atom. The van der Waals surface area contributed by atoms with Gasteiger partial charge >= 0.3 is 5.97 Å². The second-order valence-electron chi connectivity index (χ2n) is 8.16. The van der Waals surface area contributed by atoms with Crippen molar-refractivity contribution in [1.29, 1.82) is 0 Å². The minimum absolute atomic E-state index is 0.0276. The van der Waals surface area contributed by atoms with Crippen molar-refractivity contribution in [2.75, 3.05) is 20.4 Å². The monoisotopic (exact) mass is 509 g/mol. The zero-order valence-electron chi connectivity index (χ0n) is 18.2. The number of ether oxygens (including phenoxy) is 6. The second-order valence-corrected chi connectivity index (χ2v) is 9.78. The summed E-state index contributed by atoms with van der Waals surface area (Å²) in [5, 5.41) is 9.98. The van der Waals surface area contributed by atoms with Crippen LogP contribution < -0.4 is 33.1 Å². The number of carboxylic acid groups (broad SMARTS) is 1. The molecular formula is C24H15NO10S. The highest BCUT2D eigenvalue weighted by atomic mass is 32.2. The van der Waals surface area contributed by atoms with Gasteiger partial charge in [-0.2, -0.15) is 0 Å². The third-order valence-electron chi connectivity index (χ3n) is 6.18. The lowest BCUT2D eigenvalue weighted by Crippen LogP contribution is -2.33. The fraction of sp³-hybridized carbons (Fsp3) is 0.125. The number of nitrogens with one attached hydrogen (secondary N) is 1. The Hall–Kier alpha value is -4.58. The van der Waals surface area contributed by atoms with E-state index in [9.17, 15) is 18.3 Å². The van der Waals surface area contributed by atoms with E-state index in [4.69, 9.17) is 28.4 Å². The summed E-state index contributed by atoms with van der Waals surface area (Å²) >= 11 is 0. The molecule has 2 N–H and O–H groups in total. The highest BCUT2D eigenvalue weighted by molar-refractivity contribution is 7.90. The van der Waals surface area contributed by atoms with Gasteiger partial charge < -0.3 is 33.5 Å². The molecule has 3 aromatic carbocycles. The van der Waals surface area contributed by atoms with E-state index in [0.717, 1.165) is 0 Å². The van der Waals surface area contributed by atoms with Gasteiger partial charge in [0.05, 0.1) is 0 Å². The molecule has 0 unspecified atom stereocenters. The van der Waals surface area contributed by atoms with Crippen LogP contribution in [-0.2, 0) is 14.8 Å². The van der Waals surface area contributed by atoms with E-state index in [2.05, 4.69) is 4.72 Å². The highest BCUT2D eigenvalue weighted by Crippen LogP contribution is 2.52. The molecular weight excluding hydrogens is 494 g/mol. The number of aliphatic carboxylic acids is 1. The van der Waals surface area contributed by atoms with Crippen molar-refractivity contribution in [3.8, 4) is 45.6 Å². The minimum Gasteiger partial charge on any atom is -0.477 e. The summed E-state index contributed by atoms with van der Waals surface area (Å²) in [6.07, 6.45) is 0. The minimum atomic E-state index is -4.36. The summed E-state index contributed by atoms with van der Waals surface area (Å²) in [6, 6.07) is 11.4. The lowest BCUT2D eigenvalue weighted by molar-refractivity contribution is -0.132. The molecule has 4 aliphatic rings. The molecule has 4 heterocycles. The van der Waals surface area contributed by atoms with Crippen LogP contribution in [0.5, 0.6) is 34.5 Å². The van der Waals surface area contributed by atoms with E-state index in [1.54, 1.807) is 36.4 Å². The van der Waals surface area contributed by atoms with Crippen LogP contribution in [-0.4, -0.2) is 39.9 Å². The summed E-state index contributed by atoms with van der Waals surface area (Å²) in [6.45, 7) is -0.0554. The van der Waals surface area contributed by atoms with Crippen LogP contribution in [0.15, 0.2) is 53.1 Å². The summed E-state index contributed by atoms with van der Waals surface area (Å²) in [5.74, 6) is 0.933. The van der Waals surface area contributed by atoms with E-state index >= 15 is 0 Å². The van der Waals surface area contributed by atoms with Crippen LogP contribution in [0.25, 0.3) is 16.7 Å². The van der Waals surface area contributed by atoms with Crippen LogP contribution in [0.1, 0.15) is 11.1 Å². The Morgan fingerprint density at radius 3 is 2.03 bits per heavy atom. The third-order valence-corrected chi connectivity index (χ3v) is 7.61. The molecule has 7 rings (SSSR count). The van der Waals surface area contributed by atoms with Gasteiger partial charge in [-0.1, -0.05) is 12.1 Å². The van der Waals surface area contributed by atoms with Crippen LogP contribution in [0.3, 0.4) is 0 Å². The van der Waals surface area contributed by atoms with Crippen molar-refractivity contribution >= 4 is 21.6 Å². The summed E-state index contributed by atoms with van der Waals surface area (Å²) in [7, 11) is -4.36. The van der Waals surface area contributed by atoms with Gasteiger partial charge in [0.1, 0.15) is 10.6 Å². The second kappa shape index (κ2) is 7.21. The standard InChI is InChI=1S/C24H15NO10S/c26-24(27)21-19(11-1-3-14-16(5-11)32-8-30-14)13-7-18-22(35-10-34-18)20(23(13)36(28,29)25-21)12-2-4-15-17(6-12)33-9-31-15/h1-7,25H,8-10H2,(H,26,27). The van der Waals surface area contributed by atoms with Gasteiger partial charge in [-0.3, -0.25) is 4.72 Å². The molecule has 0 bridgehead atoms. The molecule has 36 heavy (non-hydrogen) atoms. The number of hydrogen-bond acceptors (Lipinski definition) is 9. The molecule has 11 nitrogen and oxygen atoms in total. The first-order valence-corrected chi connectivity index (χ1v) is 12.2. The molecule has 0 atom stereocenters. The van der Waals surface area contributed by atoms with Crippen LogP contribution in [0.2, 0.25) is 0 Å². The molecule has 0 spiro atoms. The molecule has 0 radical (unpaired) electrons. The molecule has 0 aliphatic carbocycles. The molecule has 0 aromatic heterocycles.